The molecule has 154 valence electrons. The average Bonchev–Trinajstić information content (AvgIpc) is 3.24. The Morgan fingerprint density at radius 2 is 1.65 bits per heavy atom. The second-order valence-corrected chi connectivity index (χ2v) is 7.82. The number of halogens is 1. The Bertz CT molecular complexity index is 1370. The Balaban J connectivity index is 1.43. The van der Waals surface area contributed by atoms with E-state index in [-0.39, 0.29) is 24.7 Å². The van der Waals surface area contributed by atoms with Crippen molar-refractivity contribution in [3.8, 4) is 11.5 Å². The van der Waals surface area contributed by atoms with Crippen molar-refractivity contribution in [3.05, 3.63) is 80.9 Å². The summed E-state index contributed by atoms with van der Waals surface area (Å²) in [5.74, 6) is 0.972. The van der Waals surface area contributed by atoms with E-state index in [1.165, 1.54) is 6.21 Å². The molecule has 1 aliphatic heterocycles. The fraction of sp³-hybridized carbons (Fsp3) is 0.0870. The number of benzene rings is 3. The molecule has 1 aliphatic rings. The lowest BCUT2D eigenvalue weighted by molar-refractivity contribution is -0.121. The summed E-state index contributed by atoms with van der Waals surface area (Å²) < 4.78 is 13.3. The number of hydrogen-bond acceptors (Lipinski definition) is 5. The number of para-hydroxylation sites is 2. The van der Waals surface area contributed by atoms with Gasteiger partial charge in [-0.15, -0.1) is 0 Å². The third-order valence-corrected chi connectivity index (χ3v) is 5.75. The molecule has 0 saturated heterocycles. The third-order valence-electron chi connectivity index (χ3n) is 5.07. The number of nitrogens with zero attached hydrogens (tertiary/aromatic N) is 2. The van der Waals surface area contributed by atoms with Crippen molar-refractivity contribution in [2.75, 3.05) is 6.79 Å². The summed E-state index contributed by atoms with van der Waals surface area (Å²) in [4.78, 5) is 25.5. The van der Waals surface area contributed by atoms with Gasteiger partial charge in [-0.2, -0.15) is 5.10 Å². The van der Waals surface area contributed by atoms with E-state index in [1.807, 2.05) is 41.0 Å². The molecule has 0 spiro atoms. The van der Waals surface area contributed by atoms with Gasteiger partial charge in [0.2, 0.25) is 6.79 Å². The van der Waals surface area contributed by atoms with Crippen molar-refractivity contribution in [3.63, 3.8) is 0 Å². The minimum atomic E-state index is -0.313. The topological polar surface area (TPSA) is 81.9 Å². The molecule has 4 aromatic rings. The molecule has 1 amide bonds. The van der Waals surface area contributed by atoms with Crippen LogP contribution in [0, 0.1) is 0 Å². The van der Waals surface area contributed by atoms with Gasteiger partial charge in [0.05, 0.1) is 17.2 Å². The highest BCUT2D eigenvalue weighted by Crippen LogP contribution is 2.36. The van der Waals surface area contributed by atoms with Gasteiger partial charge in [-0.1, -0.05) is 24.3 Å². The fourth-order valence-electron chi connectivity index (χ4n) is 3.63. The number of hydrogen-bond donors (Lipinski definition) is 1. The zero-order valence-electron chi connectivity index (χ0n) is 16.2. The normalized spacial score (nSPS) is 12.7. The smallest absolute Gasteiger partial charge is 0.260 e. The maximum absolute atomic E-state index is 12.8. The molecule has 0 bridgehead atoms. The minimum absolute atomic E-state index is 0.0148. The molecule has 1 N–H and O–H groups in total. The number of rotatable bonds is 4. The molecule has 8 heteroatoms. The fourth-order valence-corrected chi connectivity index (χ4v) is 4.06. The van der Waals surface area contributed by atoms with Gasteiger partial charge < -0.3 is 14.0 Å². The summed E-state index contributed by atoms with van der Waals surface area (Å²) in [7, 11) is 0. The first-order valence-corrected chi connectivity index (χ1v) is 10.3. The van der Waals surface area contributed by atoms with Crippen LogP contribution in [0.4, 0.5) is 0 Å². The molecule has 2 heterocycles. The standard InChI is InChI=1S/C23H16BrN3O4/c24-17-10-21-20(30-13-31-21)9-14(17)11-25-26-22(28)12-27-18-7-3-1-5-15(18)23(29)16-6-2-4-8-19(16)27/h1-11H,12-13H2,(H,26,28)/b25-11-. The summed E-state index contributed by atoms with van der Waals surface area (Å²) in [5, 5.41) is 5.22. The minimum Gasteiger partial charge on any atom is -0.454 e. The highest BCUT2D eigenvalue weighted by Gasteiger charge is 2.16. The second-order valence-electron chi connectivity index (χ2n) is 6.97. The molecule has 0 atom stereocenters. The van der Waals surface area contributed by atoms with Gasteiger partial charge in [-0.05, 0) is 52.3 Å². The highest BCUT2D eigenvalue weighted by atomic mass is 79.9. The van der Waals surface area contributed by atoms with Crippen molar-refractivity contribution in [1.82, 2.24) is 9.99 Å². The van der Waals surface area contributed by atoms with E-state index in [9.17, 15) is 9.59 Å². The van der Waals surface area contributed by atoms with Crippen molar-refractivity contribution >= 4 is 49.9 Å². The van der Waals surface area contributed by atoms with Crippen LogP contribution in [0.2, 0.25) is 0 Å². The maximum Gasteiger partial charge on any atom is 0.260 e. The molecule has 0 unspecified atom stereocenters. The molecular weight excluding hydrogens is 462 g/mol. The van der Waals surface area contributed by atoms with E-state index < -0.39 is 0 Å². The highest BCUT2D eigenvalue weighted by molar-refractivity contribution is 9.10. The summed E-state index contributed by atoms with van der Waals surface area (Å²) in [6.07, 6.45) is 1.53. The van der Waals surface area contributed by atoms with Crippen molar-refractivity contribution in [2.45, 2.75) is 6.54 Å². The van der Waals surface area contributed by atoms with E-state index >= 15 is 0 Å². The molecule has 31 heavy (non-hydrogen) atoms. The Labute approximate surface area is 185 Å². The van der Waals surface area contributed by atoms with Crippen LogP contribution in [0.25, 0.3) is 21.8 Å². The van der Waals surface area contributed by atoms with Gasteiger partial charge >= 0.3 is 0 Å². The van der Waals surface area contributed by atoms with Gasteiger partial charge in [0.1, 0.15) is 6.54 Å². The van der Waals surface area contributed by atoms with Gasteiger partial charge in [0.15, 0.2) is 16.9 Å². The van der Waals surface area contributed by atoms with Crippen LogP contribution in [-0.2, 0) is 11.3 Å². The summed E-state index contributed by atoms with van der Waals surface area (Å²) in [6.45, 7) is 0.196. The Hall–Kier alpha value is -3.65. The summed E-state index contributed by atoms with van der Waals surface area (Å²) in [5.41, 5.74) is 4.65. The first-order valence-electron chi connectivity index (χ1n) is 9.53. The lowest BCUT2D eigenvalue weighted by atomic mass is 10.1. The van der Waals surface area contributed by atoms with Crippen LogP contribution in [0.1, 0.15) is 5.56 Å². The van der Waals surface area contributed by atoms with Crippen LogP contribution in [0.15, 0.2) is 75.0 Å². The van der Waals surface area contributed by atoms with Crippen molar-refractivity contribution < 1.29 is 14.3 Å². The summed E-state index contributed by atoms with van der Waals surface area (Å²) in [6, 6.07) is 18.1. The lowest BCUT2D eigenvalue weighted by Crippen LogP contribution is -2.25. The van der Waals surface area contributed by atoms with Gasteiger partial charge in [0, 0.05) is 20.8 Å². The van der Waals surface area contributed by atoms with Crippen LogP contribution in [0.5, 0.6) is 11.5 Å². The zero-order chi connectivity index (χ0) is 21.4. The number of ether oxygens (including phenoxy) is 2. The average molecular weight is 478 g/mol. The molecule has 0 fully saturated rings. The summed E-state index contributed by atoms with van der Waals surface area (Å²) >= 11 is 3.46. The molecule has 5 rings (SSSR count). The number of nitrogens with one attached hydrogen (secondary N) is 1. The predicted octanol–water partition coefficient (Wildman–Crippen LogP) is 3.80. The number of aromatic nitrogens is 1. The number of fused-ring (bicyclic) bond motifs is 3. The molecule has 0 saturated carbocycles. The number of pyridine rings is 1. The van der Waals surface area contributed by atoms with Gasteiger partial charge in [-0.3, -0.25) is 9.59 Å². The number of carbonyl (C=O) groups is 1. The molecule has 0 aliphatic carbocycles. The van der Waals surface area contributed by atoms with Crippen LogP contribution >= 0.6 is 15.9 Å². The Morgan fingerprint density at radius 1 is 1.03 bits per heavy atom. The van der Waals surface area contributed by atoms with Crippen LogP contribution in [0.3, 0.4) is 0 Å². The number of carbonyl (C=O) groups excluding carboxylic acids is 1. The zero-order valence-corrected chi connectivity index (χ0v) is 17.8. The number of hydrazone groups is 1. The molecule has 7 nitrogen and oxygen atoms in total. The molecule has 3 aromatic carbocycles. The maximum atomic E-state index is 12.8. The molecule has 1 aromatic heterocycles. The third kappa shape index (κ3) is 3.55. The largest absolute Gasteiger partial charge is 0.454 e. The number of amides is 1. The monoisotopic (exact) mass is 477 g/mol. The van der Waals surface area contributed by atoms with E-state index in [0.717, 1.165) is 10.0 Å². The lowest BCUT2D eigenvalue weighted by Gasteiger charge is -2.14. The first-order chi connectivity index (χ1) is 15.1. The Kier molecular flexibility index (Phi) is 4.91. The van der Waals surface area contributed by atoms with E-state index in [0.29, 0.717) is 33.3 Å². The second kappa shape index (κ2) is 7.88. The SMILES string of the molecule is O=C(Cn1c2ccccc2c(=O)c2ccccc21)N/N=C\c1cc2c(cc1Br)OCO2. The molecule has 0 radical (unpaired) electrons. The van der Waals surface area contributed by atoms with E-state index in [4.69, 9.17) is 9.47 Å². The van der Waals surface area contributed by atoms with Crippen molar-refractivity contribution in [1.29, 1.82) is 0 Å². The quantitative estimate of drug-likeness (QED) is 0.275. The predicted molar refractivity (Wildman–Crippen MR) is 122 cm³/mol. The Morgan fingerprint density at radius 3 is 2.32 bits per heavy atom. The first kappa shape index (κ1) is 19.3. The van der Waals surface area contributed by atoms with Crippen molar-refractivity contribution in [2.24, 2.45) is 5.10 Å². The van der Waals surface area contributed by atoms with Gasteiger partial charge in [-0.25, -0.2) is 5.43 Å². The van der Waals surface area contributed by atoms with Gasteiger partial charge in [0.25, 0.3) is 5.91 Å². The van der Waals surface area contributed by atoms with E-state index in [1.54, 1.807) is 24.3 Å². The van der Waals surface area contributed by atoms with Crippen LogP contribution in [-0.4, -0.2) is 23.5 Å². The van der Waals surface area contributed by atoms with E-state index in [2.05, 4.69) is 26.5 Å². The molecular formula is C23H16BrN3O4. The van der Waals surface area contributed by atoms with Crippen LogP contribution < -0.4 is 20.3 Å².